The van der Waals surface area contributed by atoms with Crippen molar-refractivity contribution in [2.24, 2.45) is 5.10 Å². The number of methoxy groups -OCH3 is 1. The Balaban J connectivity index is 1.46. The molecule has 0 aliphatic carbocycles. The maximum absolute atomic E-state index is 12.8. The first-order chi connectivity index (χ1) is 17.5. The molecule has 0 saturated carbocycles. The van der Waals surface area contributed by atoms with E-state index in [4.69, 9.17) is 37.4 Å². The van der Waals surface area contributed by atoms with Gasteiger partial charge >= 0.3 is 0 Å². The molecule has 0 atom stereocenters. The zero-order valence-corrected chi connectivity index (χ0v) is 21.3. The summed E-state index contributed by atoms with van der Waals surface area (Å²) in [6, 6.07) is 22.1. The number of amides is 1. The van der Waals surface area contributed by atoms with Crippen molar-refractivity contribution in [3.63, 3.8) is 0 Å². The topological polar surface area (TPSA) is 69.2 Å². The van der Waals surface area contributed by atoms with Gasteiger partial charge in [-0.25, -0.2) is 5.43 Å². The van der Waals surface area contributed by atoms with E-state index in [0.717, 1.165) is 21.9 Å². The standard InChI is InChI=1S/C28H24Cl2N2O4/c1-3-35-27-13-18(9-11-25(27)36-17-19-8-10-23(29)24(30)12-19)16-31-32-28(33)22-14-20-6-4-5-7-21(20)15-26(22)34-2/h4-16H,3,17H2,1-2H3,(H,32,33)/b31-16-. The van der Waals surface area contributed by atoms with E-state index < -0.39 is 0 Å². The van der Waals surface area contributed by atoms with Crippen LogP contribution in [0.1, 0.15) is 28.4 Å². The molecule has 0 aliphatic heterocycles. The van der Waals surface area contributed by atoms with Crippen LogP contribution in [0.15, 0.2) is 77.9 Å². The van der Waals surface area contributed by atoms with Crippen molar-refractivity contribution in [1.29, 1.82) is 0 Å². The highest BCUT2D eigenvalue weighted by Crippen LogP contribution is 2.30. The molecule has 1 amide bonds. The van der Waals surface area contributed by atoms with Gasteiger partial charge in [0.25, 0.3) is 5.91 Å². The van der Waals surface area contributed by atoms with Crippen molar-refractivity contribution >= 4 is 46.1 Å². The van der Waals surface area contributed by atoms with Gasteiger partial charge in [-0.2, -0.15) is 5.10 Å². The minimum Gasteiger partial charge on any atom is -0.496 e. The summed E-state index contributed by atoms with van der Waals surface area (Å²) in [4.78, 5) is 12.8. The molecule has 6 nitrogen and oxygen atoms in total. The fourth-order valence-electron chi connectivity index (χ4n) is 3.57. The number of nitrogens with one attached hydrogen (secondary N) is 1. The van der Waals surface area contributed by atoms with Crippen LogP contribution in [0.2, 0.25) is 10.0 Å². The van der Waals surface area contributed by atoms with E-state index in [-0.39, 0.29) is 5.91 Å². The van der Waals surface area contributed by atoms with Crippen molar-refractivity contribution in [3.8, 4) is 17.2 Å². The van der Waals surface area contributed by atoms with Crippen LogP contribution in [0, 0.1) is 0 Å². The lowest BCUT2D eigenvalue weighted by atomic mass is 10.1. The second kappa shape index (κ2) is 11.8. The van der Waals surface area contributed by atoms with Crippen LogP contribution >= 0.6 is 23.2 Å². The Morgan fingerprint density at radius 2 is 1.67 bits per heavy atom. The monoisotopic (exact) mass is 522 g/mol. The van der Waals surface area contributed by atoms with E-state index in [1.54, 1.807) is 30.3 Å². The zero-order valence-electron chi connectivity index (χ0n) is 19.8. The summed E-state index contributed by atoms with van der Waals surface area (Å²) in [5.74, 6) is 1.23. The summed E-state index contributed by atoms with van der Waals surface area (Å²) in [6.45, 7) is 2.65. The Kier molecular flexibility index (Phi) is 8.31. The van der Waals surface area contributed by atoms with E-state index in [1.807, 2.05) is 49.4 Å². The molecule has 0 aromatic heterocycles. The summed E-state index contributed by atoms with van der Waals surface area (Å²) in [5, 5.41) is 6.99. The highest BCUT2D eigenvalue weighted by molar-refractivity contribution is 6.42. The third-order valence-electron chi connectivity index (χ3n) is 5.34. The van der Waals surface area contributed by atoms with Crippen LogP contribution in [-0.4, -0.2) is 25.8 Å². The quantitative estimate of drug-likeness (QED) is 0.192. The van der Waals surface area contributed by atoms with Gasteiger partial charge in [0, 0.05) is 0 Å². The molecule has 4 aromatic rings. The molecule has 0 aliphatic rings. The molecule has 8 heteroatoms. The molecule has 4 rings (SSSR count). The number of nitrogens with zero attached hydrogens (tertiary/aromatic N) is 1. The average Bonchev–Trinajstić information content (AvgIpc) is 2.89. The highest BCUT2D eigenvalue weighted by atomic mass is 35.5. The molecule has 1 N–H and O–H groups in total. The fourth-order valence-corrected chi connectivity index (χ4v) is 3.90. The van der Waals surface area contributed by atoms with E-state index in [9.17, 15) is 4.79 Å². The molecule has 0 saturated heterocycles. The molecule has 0 radical (unpaired) electrons. The first-order valence-electron chi connectivity index (χ1n) is 11.2. The summed E-state index contributed by atoms with van der Waals surface area (Å²) < 4.78 is 17.1. The van der Waals surface area contributed by atoms with E-state index in [1.165, 1.54) is 13.3 Å². The number of ether oxygens (including phenoxy) is 3. The summed E-state index contributed by atoms with van der Waals surface area (Å²) in [6.07, 6.45) is 1.54. The Hall–Kier alpha value is -3.74. The Morgan fingerprint density at radius 3 is 2.39 bits per heavy atom. The van der Waals surface area contributed by atoms with Crippen LogP contribution in [0.4, 0.5) is 0 Å². The first-order valence-corrected chi connectivity index (χ1v) is 12.0. The van der Waals surface area contributed by atoms with Crippen molar-refractivity contribution < 1.29 is 19.0 Å². The highest BCUT2D eigenvalue weighted by Gasteiger charge is 2.13. The Morgan fingerprint density at radius 1 is 0.889 bits per heavy atom. The second-order valence-electron chi connectivity index (χ2n) is 7.78. The van der Waals surface area contributed by atoms with Gasteiger partial charge in [0.1, 0.15) is 12.4 Å². The number of carbonyl (C=O) groups is 1. The smallest absolute Gasteiger partial charge is 0.275 e. The Bertz CT molecular complexity index is 1420. The molecule has 0 fully saturated rings. The molecule has 36 heavy (non-hydrogen) atoms. The lowest BCUT2D eigenvalue weighted by Gasteiger charge is -2.13. The minimum atomic E-state index is -0.375. The van der Waals surface area contributed by atoms with Crippen LogP contribution in [0.25, 0.3) is 10.8 Å². The number of halogens is 2. The van der Waals surface area contributed by atoms with Gasteiger partial charge in [-0.3, -0.25) is 4.79 Å². The molecule has 184 valence electrons. The predicted octanol–water partition coefficient (Wildman–Crippen LogP) is 6.90. The lowest BCUT2D eigenvalue weighted by molar-refractivity contribution is 0.0952. The van der Waals surface area contributed by atoms with Crippen molar-refractivity contribution in [2.75, 3.05) is 13.7 Å². The van der Waals surface area contributed by atoms with E-state index in [0.29, 0.717) is 46.1 Å². The summed E-state index contributed by atoms with van der Waals surface area (Å²) in [5.41, 5.74) is 4.57. The molecule has 0 unspecified atom stereocenters. The van der Waals surface area contributed by atoms with Gasteiger partial charge in [-0.05, 0) is 71.3 Å². The molecular weight excluding hydrogens is 499 g/mol. The Labute approximate surface area is 219 Å². The van der Waals surface area contributed by atoms with Gasteiger partial charge in [-0.15, -0.1) is 0 Å². The summed E-state index contributed by atoms with van der Waals surface area (Å²) in [7, 11) is 1.53. The number of hydrogen-bond acceptors (Lipinski definition) is 5. The van der Waals surface area contributed by atoms with Gasteiger partial charge in [0.05, 0.1) is 35.5 Å². The maximum atomic E-state index is 12.8. The molecule has 0 spiro atoms. The van der Waals surface area contributed by atoms with Gasteiger partial charge < -0.3 is 14.2 Å². The van der Waals surface area contributed by atoms with E-state index in [2.05, 4.69) is 10.5 Å². The number of rotatable bonds is 9. The zero-order chi connectivity index (χ0) is 25.5. The maximum Gasteiger partial charge on any atom is 0.275 e. The van der Waals surface area contributed by atoms with E-state index >= 15 is 0 Å². The van der Waals surface area contributed by atoms with Gasteiger partial charge in [0.2, 0.25) is 0 Å². The van der Waals surface area contributed by atoms with Crippen molar-refractivity contribution in [2.45, 2.75) is 13.5 Å². The van der Waals surface area contributed by atoms with Crippen LogP contribution in [0.3, 0.4) is 0 Å². The number of benzene rings is 4. The van der Waals surface area contributed by atoms with Crippen LogP contribution < -0.4 is 19.6 Å². The SMILES string of the molecule is CCOc1cc(/C=N\NC(=O)c2cc3ccccc3cc2OC)ccc1OCc1ccc(Cl)c(Cl)c1. The van der Waals surface area contributed by atoms with Crippen molar-refractivity contribution in [1.82, 2.24) is 5.43 Å². The lowest BCUT2D eigenvalue weighted by Crippen LogP contribution is -2.18. The van der Waals surface area contributed by atoms with Gasteiger partial charge in [0.15, 0.2) is 11.5 Å². The average molecular weight is 523 g/mol. The first kappa shape index (κ1) is 25.4. The number of carbonyl (C=O) groups excluding carboxylic acids is 1. The number of hydrogen-bond donors (Lipinski definition) is 1. The third-order valence-corrected chi connectivity index (χ3v) is 6.08. The van der Waals surface area contributed by atoms with Gasteiger partial charge in [-0.1, -0.05) is 53.5 Å². The molecule has 0 bridgehead atoms. The largest absolute Gasteiger partial charge is 0.496 e. The predicted molar refractivity (Wildman–Crippen MR) is 144 cm³/mol. The summed E-state index contributed by atoms with van der Waals surface area (Å²) >= 11 is 12.1. The molecule has 0 heterocycles. The van der Waals surface area contributed by atoms with Crippen molar-refractivity contribution in [3.05, 3.63) is 99.5 Å². The minimum absolute atomic E-state index is 0.300. The third kappa shape index (κ3) is 6.08. The normalized spacial score (nSPS) is 11.0. The molecular formula is C28H24Cl2N2O4. The second-order valence-corrected chi connectivity index (χ2v) is 8.59. The van der Waals surface area contributed by atoms with Crippen LogP contribution in [0.5, 0.6) is 17.2 Å². The fraction of sp³-hybridized carbons (Fsp3) is 0.143. The number of fused-ring (bicyclic) bond motifs is 1. The van der Waals surface area contributed by atoms with Crippen LogP contribution in [-0.2, 0) is 6.61 Å². The number of hydrazone groups is 1. The molecule has 4 aromatic carbocycles.